The van der Waals surface area contributed by atoms with Crippen molar-refractivity contribution in [1.29, 1.82) is 0 Å². The van der Waals surface area contributed by atoms with Gasteiger partial charge in [-0.15, -0.1) is 11.3 Å². The Morgan fingerprint density at radius 3 is 2.74 bits per heavy atom. The number of rotatable bonds is 2. The monoisotopic (exact) mass is 282 g/mol. The first-order valence-corrected chi connectivity index (χ1v) is 7.42. The molecule has 5 nitrogen and oxygen atoms in total. The minimum Gasteiger partial charge on any atom is -0.378 e. The van der Waals surface area contributed by atoms with Gasteiger partial charge in [-0.05, 0) is 0 Å². The van der Waals surface area contributed by atoms with Crippen LogP contribution in [0.4, 0.5) is 0 Å². The molecule has 1 aliphatic rings. The molecule has 1 fully saturated rings. The summed E-state index contributed by atoms with van der Waals surface area (Å²) in [7, 11) is 0. The zero-order valence-corrected chi connectivity index (χ0v) is 12.7. The van der Waals surface area contributed by atoms with Crippen LogP contribution < -0.4 is 5.73 Å². The van der Waals surface area contributed by atoms with E-state index in [9.17, 15) is 0 Å². The molecule has 1 aliphatic heterocycles. The van der Waals surface area contributed by atoms with Crippen molar-refractivity contribution in [2.24, 2.45) is 10.7 Å². The molecule has 0 unspecified atom stereocenters. The summed E-state index contributed by atoms with van der Waals surface area (Å²) in [6.45, 7) is 10.1. The highest BCUT2D eigenvalue weighted by Gasteiger charge is 2.17. The molecule has 1 saturated heterocycles. The van der Waals surface area contributed by atoms with Crippen molar-refractivity contribution in [3.63, 3.8) is 0 Å². The maximum atomic E-state index is 5.99. The van der Waals surface area contributed by atoms with Gasteiger partial charge in [0, 0.05) is 23.9 Å². The van der Waals surface area contributed by atoms with Gasteiger partial charge in [0.1, 0.15) is 5.01 Å². The second-order valence-electron chi connectivity index (χ2n) is 5.65. The van der Waals surface area contributed by atoms with E-state index < -0.39 is 0 Å². The van der Waals surface area contributed by atoms with E-state index in [4.69, 9.17) is 10.5 Å². The van der Waals surface area contributed by atoms with Gasteiger partial charge < -0.3 is 15.4 Å². The summed E-state index contributed by atoms with van der Waals surface area (Å²) in [5.41, 5.74) is 7.20. The molecule has 0 atom stereocenters. The summed E-state index contributed by atoms with van der Waals surface area (Å²) in [6, 6.07) is 0. The van der Waals surface area contributed by atoms with Gasteiger partial charge in [0.05, 0.1) is 25.5 Å². The quantitative estimate of drug-likeness (QED) is 0.661. The molecule has 106 valence electrons. The number of guanidine groups is 1. The molecule has 0 amide bonds. The lowest BCUT2D eigenvalue weighted by Gasteiger charge is -2.27. The molecule has 2 heterocycles. The third kappa shape index (κ3) is 3.91. The second kappa shape index (κ2) is 5.88. The summed E-state index contributed by atoms with van der Waals surface area (Å²) in [5, 5.41) is 3.12. The lowest BCUT2D eigenvalue weighted by Crippen LogP contribution is -2.44. The maximum absolute atomic E-state index is 5.99. The van der Waals surface area contributed by atoms with E-state index in [2.05, 4.69) is 41.0 Å². The number of nitrogens with zero attached hydrogens (tertiary/aromatic N) is 3. The predicted octanol–water partition coefficient (Wildman–Crippen LogP) is 1.59. The minimum atomic E-state index is 0.0915. The molecule has 0 saturated carbocycles. The van der Waals surface area contributed by atoms with Gasteiger partial charge in [-0.1, -0.05) is 20.8 Å². The first-order valence-electron chi connectivity index (χ1n) is 6.54. The van der Waals surface area contributed by atoms with Crippen LogP contribution in [0.25, 0.3) is 0 Å². The van der Waals surface area contributed by atoms with Crippen molar-refractivity contribution in [3.8, 4) is 0 Å². The van der Waals surface area contributed by atoms with Gasteiger partial charge in [-0.25, -0.2) is 9.98 Å². The van der Waals surface area contributed by atoms with E-state index in [0.717, 1.165) is 37.0 Å². The Morgan fingerprint density at radius 1 is 1.47 bits per heavy atom. The smallest absolute Gasteiger partial charge is 0.191 e. The van der Waals surface area contributed by atoms with Crippen LogP contribution >= 0.6 is 11.3 Å². The summed E-state index contributed by atoms with van der Waals surface area (Å²) in [5.74, 6) is 0.593. The molecule has 0 bridgehead atoms. The van der Waals surface area contributed by atoms with Gasteiger partial charge in [-0.3, -0.25) is 0 Å². The molecule has 0 spiro atoms. The van der Waals surface area contributed by atoms with Crippen LogP contribution in [-0.2, 0) is 16.7 Å². The van der Waals surface area contributed by atoms with Crippen molar-refractivity contribution in [2.75, 3.05) is 26.3 Å². The molecule has 6 heteroatoms. The van der Waals surface area contributed by atoms with Crippen molar-refractivity contribution in [3.05, 3.63) is 16.1 Å². The molecule has 19 heavy (non-hydrogen) atoms. The Kier molecular flexibility index (Phi) is 4.42. The van der Waals surface area contributed by atoms with E-state index in [1.54, 1.807) is 11.3 Å². The van der Waals surface area contributed by atoms with E-state index in [1.165, 1.54) is 0 Å². The Hall–Kier alpha value is -1.14. The summed E-state index contributed by atoms with van der Waals surface area (Å²) in [4.78, 5) is 11.1. The number of aromatic nitrogens is 1. The summed E-state index contributed by atoms with van der Waals surface area (Å²) in [6.07, 6.45) is 0. The third-order valence-electron chi connectivity index (χ3n) is 3.03. The fourth-order valence-corrected chi connectivity index (χ4v) is 2.71. The molecule has 0 radical (unpaired) electrons. The second-order valence-corrected chi connectivity index (χ2v) is 6.59. The number of thiazole rings is 1. The van der Waals surface area contributed by atoms with Crippen LogP contribution in [0.3, 0.4) is 0 Å². The highest BCUT2D eigenvalue weighted by atomic mass is 32.1. The van der Waals surface area contributed by atoms with Crippen LogP contribution in [-0.4, -0.2) is 42.1 Å². The molecular weight excluding hydrogens is 260 g/mol. The highest BCUT2D eigenvalue weighted by molar-refractivity contribution is 7.09. The Balaban J connectivity index is 1.95. The van der Waals surface area contributed by atoms with E-state index >= 15 is 0 Å². The van der Waals surface area contributed by atoms with Crippen LogP contribution in [0.2, 0.25) is 0 Å². The fraction of sp³-hybridized carbons (Fsp3) is 0.692. The van der Waals surface area contributed by atoms with Crippen molar-refractivity contribution in [1.82, 2.24) is 9.88 Å². The van der Waals surface area contributed by atoms with Crippen molar-refractivity contribution >= 4 is 17.3 Å². The summed E-state index contributed by atoms with van der Waals surface area (Å²) < 4.78 is 5.29. The first kappa shape index (κ1) is 14.3. The van der Waals surface area contributed by atoms with Crippen LogP contribution in [0.15, 0.2) is 10.4 Å². The lowest BCUT2D eigenvalue weighted by molar-refractivity contribution is 0.0674. The minimum absolute atomic E-state index is 0.0915. The number of aliphatic imine (C=N–C) groups is 1. The standard InChI is InChI=1S/C13H22N4OS/c1-13(2,3)10-9-19-11(16-10)8-15-12(14)17-4-6-18-7-5-17/h9H,4-8H2,1-3H3,(H2,14,15). The highest BCUT2D eigenvalue weighted by Crippen LogP contribution is 2.24. The fourth-order valence-electron chi connectivity index (χ4n) is 1.77. The lowest BCUT2D eigenvalue weighted by atomic mass is 9.93. The van der Waals surface area contributed by atoms with E-state index in [-0.39, 0.29) is 5.41 Å². The average molecular weight is 282 g/mol. The van der Waals surface area contributed by atoms with Crippen molar-refractivity contribution in [2.45, 2.75) is 32.7 Å². The number of ether oxygens (including phenoxy) is 1. The summed E-state index contributed by atoms with van der Waals surface area (Å²) >= 11 is 1.65. The topological polar surface area (TPSA) is 63.7 Å². The largest absolute Gasteiger partial charge is 0.378 e. The first-order chi connectivity index (χ1) is 8.97. The number of nitrogens with two attached hydrogens (primary N) is 1. The average Bonchev–Trinajstić information content (AvgIpc) is 2.86. The van der Waals surface area contributed by atoms with Crippen LogP contribution in [0.5, 0.6) is 0 Å². The maximum Gasteiger partial charge on any atom is 0.191 e. The molecule has 2 rings (SSSR count). The van der Waals surface area contributed by atoms with Gasteiger partial charge in [0.25, 0.3) is 0 Å². The number of hydrogen-bond donors (Lipinski definition) is 1. The van der Waals surface area contributed by atoms with Crippen LogP contribution in [0.1, 0.15) is 31.5 Å². The Morgan fingerprint density at radius 2 is 2.16 bits per heavy atom. The molecule has 1 aromatic heterocycles. The number of morpholine rings is 1. The van der Waals surface area contributed by atoms with Gasteiger partial charge >= 0.3 is 0 Å². The van der Waals surface area contributed by atoms with Gasteiger partial charge in [0.15, 0.2) is 5.96 Å². The third-order valence-corrected chi connectivity index (χ3v) is 3.87. The zero-order valence-electron chi connectivity index (χ0n) is 11.8. The van der Waals surface area contributed by atoms with Gasteiger partial charge in [-0.2, -0.15) is 0 Å². The van der Waals surface area contributed by atoms with E-state index in [1.807, 2.05) is 0 Å². The molecule has 1 aromatic rings. The molecule has 2 N–H and O–H groups in total. The molecular formula is C13H22N4OS. The molecule has 0 aromatic carbocycles. The van der Waals surface area contributed by atoms with Crippen molar-refractivity contribution < 1.29 is 4.74 Å². The predicted molar refractivity (Wildman–Crippen MR) is 78.5 cm³/mol. The zero-order chi connectivity index (χ0) is 13.9. The Bertz CT molecular complexity index is 444. The number of hydrogen-bond acceptors (Lipinski definition) is 4. The van der Waals surface area contributed by atoms with Crippen LogP contribution in [0, 0.1) is 0 Å². The Labute approximate surface area is 118 Å². The van der Waals surface area contributed by atoms with Gasteiger partial charge in [0.2, 0.25) is 0 Å². The SMILES string of the molecule is CC(C)(C)c1csc(CN=C(N)N2CCOCC2)n1. The normalized spacial score (nSPS) is 17.8. The molecule has 0 aliphatic carbocycles. The van der Waals surface area contributed by atoms with E-state index in [0.29, 0.717) is 12.5 Å².